The molecule has 0 amide bonds. The fourth-order valence-corrected chi connectivity index (χ4v) is 1.92. The third-order valence-electron chi connectivity index (χ3n) is 2.95. The molecule has 3 nitrogen and oxygen atoms in total. The van der Waals surface area contributed by atoms with Gasteiger partial charge in [0.2, 0.25) is 0 Å². The van der Waals surface area contributed by atoms with Crippen LogP contribution in [0.1, 0.15) is 33.1 Å². The fourth-order valence-electron chi connectivity index (χ4n) is 1.92. The first kappa shape index (κ1) is 15.6. The van der Waals surface area contributed by atoms with Crippen LogP contribution in [-0.2, 0) is 0 Å². The second kappa shape index (κ2) is 8.74. The maximum Gasteiger partial charge on any atom is 0.0558 e. The third kappa shape index (κ3) is 7.85. The van der Waals surface area contributed by atoms with Crippen molar-refractivity contribution in [3.05, 3.63) is 12.7 Å². The van der Waals surface area contributed by atoms with Gasteiger partial charge in [0.15, 0.2) is 0 Å². The molecular weight excluding hydrogens is 200 g/mol. The van der Waals surface area contributed by atoms with E-state index in [1.54, 1.807) is 0 Å². The Morgan fingerprint density at radius 1 is 1.31 bits per heavy atom. The standard InChI is InChI=1S/C13H28N2O/c1-4-9-15(11-12-16)10-5-6-13(2,3)7-8-14/h4,16H,1,5-12,14H2,2-3H3. The van der Waals surface area contributed by atoms with Crippen molar-refractivity contribution in [1.82, 2.24) is 4.90 Å². The van der Waals surface area contributed by atoms with Gasteiger partial charge in [-0.3, -0.25) is 4.90 Å². The summed E-state index contributed by atoms with van der Waals surface area (Å²) in [7, 11) is 0. The van der Waals surface area contributed by atoms with Gasteiger partial charge in [-0.1, -0.05) is 19.9 Å². The SMILES string of the molecule is C=CCN(CCO)CCCC(C)(C)CCN. The van der Waals surface area contributed by atoms with E-state index in [4.69, 9.17) is 10.8 Å². The fraction of sp³-hybridized carbons (Fsp3) is 0.846. The first-order chi connectivity index (χ1) is 7.55. The van der Waals surface area contributed by atoms with Crippen LogP contribution in [0.2, 0.25) is 0 Å². The van der Waals surface area contributed by atoms with Gasteiger partial charge in [0.05, 0.1) is 6.61 Å². The minimum Gasteiger partial charge on any atom is -0.395 e. The smallest absolute Gasteiger partial charge is 0.0558 e. The molecule has 0 saturated heterocycles. The van der Waals surface area contributed by atoms with Crippen molar-refractivity contribution < 1.29 is 5.11 Å². The van der Waals surface area contributed by atoms with Crippen molar-refractivity contribution in [1.29, 1.82) is 0 Å². The van der Waals surface area contributed by atoms with Gasteiger partial charge < -0.3 is 10.8 Å². The molecule has 3 heteroatoms. The normalized spacial score (nSPS) is 12.1. The number of hydrogen-bond acceptors (Lipinski definition) is 3. The molecule has 0 aromatic rings. The zero-order chi connectivity index (χ0) is 12.4. The Balaban J connectivity index is 3.79. The van der Waals surface area contributed by atoms with Crippen LogP contribution in [0.4, 0.5) is 0 Å². The lowest BCUT2D eigenvalue weighted by atomic mass is 9.84. The maximum absolute atomic E-state index is 8.91. The van der Waals surface area contributed by atoms with E-state index >= 15 is 0 Å². The summed E-state index contributed by atoms with van der Waals surface area (Å²) >= 11 is 0. The molecule has 0 rings (SSSR count). The molecule has 96 valence electrons. The van der Waals surface area contributed by atoms with E-state index in [-0.39, 0.29) is 6.61 Å². The molecule has 0 aliphatic carbocycles. The van der Waals surface area contributed by atoms with Crippen LogP contribution in [0.3, 0.4) is 0 Å². The Hall–Kier alpha value is -0.380. The Morgan fingerprint density at radius 2 is 2.00 bits per heavy atom. The number of nitrogens with zero attached hydrogens (tertiary/aromatic N) is 1. The van der Waals surface area contributed by atoms with Gasteiger partial charge in [-0.2, -0.15) is 0 Å². The lowest BCUT2D eigenvalue weighted by Crippen LogP contribution is -2.29. The van der Waals surface area contributed by atoms with Crippen LogP contribution >= 0.6 is 0 Å². The Bertz CT molecular complexity index is 181. The predicted molar refractivity (Wildman–Crippen MR) is 70.4 cm³/mol. The molecule has 0 aromatic carbocycles. The van der Waals surface area contributed by atoms with Crippen LogP contribution < -0.4 is 5.73 Å². The first-order valence-corrected chi connectivity index (χ1v) is 6.20. The summed E-state index contributed by atoms with van der Waals surface area (Å²) in [4.78, 5) is 2.23. The molecule has 0 bridgehead atoms. The van der Waals surface area contributed by atoms with E-state index < -0.39 is 0 Å². The lowest BCUT2D eigenvalue weighted by molar-refractivity contribution is 0.196. The van der Waals surface area contributed by atoms with Crippen LogP contribution in [-0.4, -0.2) is 42.8 Å². The minimum absolute atomic E-state index is 0.222. The Kier molecular flexibility index (Phi) is 8.53. The summed E-state index contributed by atoms with van der Waals surface area (Å²) in [6.45, 7) is 11.9. The van der Waals surface area contributed by atoms with Gasteiger partial charge in [-0.25, -0.2) is 0 Å². The zero-order valence-corrected chi connectivity index (χ0v) is 10.9. The minimum atomic E-state index is 0.222. The van der Waals surface area contributed by atoms with Crippen molar-refractivity contribution in [2.24, 2.45) is 11.1 Å². The molecule has 0 atom stereocenters. The topological polar surface area (TPSA) is 49.5 Å². The maximum atomic E-state index is 8.91. The average Bonchev–Trinajstić information content (AvgIpc) is 2.18. The van der Waals surface area contributed by atoms with Crippen molar-refractivity contribution in [2.75, 3.05) is 32.8 Å². The van der Waals surface area contributed by atoms with Crippen LogP contribution in [0.15, 0.2) is 12.7 Å². The lowest BCUT2D eigenvalue weighted by Gasteiger charge is -2.26. The molecule has 3 N–H and O–H groups in total. The van der Waals surface area contributed by atoms with E-state index in [0.717, 1.165) is 39.0 Å². The van der Waals surface area contributed by atoms with Gasteiger partial charge in [-0.15, -0.1) is 6.58 Å². The van der Waals surface area contributed by atoms with Gasteiger partial charge in [0, 0.05) is 13.1 Å². The number of nitrogens with two attached hydrogens (primary N) is 1. The highest BCUT2D eigenvalue weighted by molar-refractivity contribution is 4.75. The zero-order valence-electron chi connectivity index (χ0n) is 10.9. The van der Waals surface area contributed by atoms with Crippen LogP contribution in [0.5, 0.6) is 0 Å². The van der Waals surface area contributed by atoms with Crippen LogP contribution in [0, 0.1) is 5.41 Å². The highest BCUT2D eigenvalue weighted by Gasteiger charge is 2.16. The molecule has 0 aromatic heterocycles. The summed E-state index contributed by atoms with van der Waals surface area (Å²) in [6, 6.07) is 0. The Labute approximate surface area is 100 Å². The number of aliphatic hydroxyl groups excluding tert-OH is 1. The van der Waals surface area contributed by atoms with E-state index in [0.29, 0.717) is 5.41 Å². The first-order valence-electron chi connectivity index (χ1n) is 6.20. The molecule has 0 heterocycles. The molecule has 0 fully saturated rings. The summed E-state index contributed by atoms with van der Waals surface area (Å²) in [5.74, 6) is 0. The van der Waals surface area contributed by atoms with E-state index in [9.17, 15) is 0 Å². The summed E-state index contributed by atoms with van der Waals surface area (Å²) < 4.78 is 0. The van der Waals surface area contributed by atoms with E-state index in [1.807, 2.05) is 6.08 Å². The van der Waals surface area contributed by atoms with Gasteiger partial charge in [-0.05, 0) is 37.8 Å². The van der Waals surface area contributed by atoms with Crippen molar-refractivity contribution in [3.63, 3.8) is 0 Å². The van der Waals surface area contributed by atoms with Crippen LogP contribution in [0.25, 0.3) is 0 Å². The number of hydrogen-bond donors (Lipinski definition) is 2. The molecule has 0 unspecified atom stereocenters. The summed E-state index contributed by atoms with van der Waals surface area (Å²) in [5, 5.41) is 8.91. The quantitative estimate of drug-likeness (QED) is 0.559. The van der Waals surface area contributed by atoms with E-state index in [2.05, 4.69) is 25.3 Å². The molecule has 16 heavy (non-hydrogen) atoms. The third-order valence-corrected chi connectivity index (χ3v) is 2.95. The summed E-state index contributed by atoms with van der Waals surface area (Å²) in [6.07, 6.45) is 5.30. The van der Waals surface area contributed by atoms with E-state index in [1.165, 1.54) is 6.42 Å². The second-order valence-electron chi connectivity index (χ2n) is 5.12. The van der Waals surface area contributed by atoms with Crippen molar-refractivity contribution in [2.45, 2.75) is 33.1 Å². The molecule has 0 radical (unpaired) electrons. The van der Waals surface area contributed by atoms with Crippen molar-refractivity contribution >= 4 is 0 Å². The van der Waals surface area contributed by atoms with Gasteiger partial charge >= 0.3 is 0 Å². The number of aliphatic hydroxyl groups is 1. The van der Waals surface area contributed by atoms with Gasteiger partial charge in [0.25, 0.3) is 0 Å². The Morgan fingerprint density at radius 3 is 2.50 bits per heavy atom. The van der Waals surface area contributed by atoms with Crippen molar-refractivity contribution in [3.8, 4) is 0 Å². The highest BCUT2D eigenvalue weighted by Crippen LogP contribution is 2.25. The molecule has 0 spiro atoms. The average molecular weight is 228 g/mol. The van der Waals surface area contributed by atoms with Gasteiger partial charge in [0.1, 0.15) is 0 Å². The molecule has 0 saturated carbocycles. The second-order valence-corrected chi connectivity index (χ2v) is 5.12. The number of rotatable bonds is 10. The monoisotopic (exact) mass is 228 g/mol. The molecule has 0 aliphatic heterocycles. The molecule has 0 aliphatic rings. The highest BCUT2D eigenvalue weighted by atomic mass is 16.3. The summed E-state index contributed by atoms with van der Waals surface area (Å²) in [5.41, 5.74) is 5.93. The largest absolute Gasteiger partial charge is 0.395 e. The predicted octanol–water partition coefficient (Wildman–Crippen LogP) is 1.62. The molecular formula is C13H28N2O.